The van der Waals surface area contributed by atoms with Crippen LogP contribution in [-0.2, 0) is 15.5 Å². The molecule has 0 saturated carbocycles. The molecule has 0 aliphatic carbocycles. The van der Waals surface area contributed by atoms with Gasteiger partial charge >= 0.3 is 13.3 Å². The molecular formula is C12H14BF3O2. The average molecular weight is 258 g/mol. The van der Waals surface area contributed by atoms with E-state index in [4.69, 9.17) is 9.31 Å². The number of hydrogen-bond donors (Lipinski definition) is 0. The van der Waals surface area contributed by atoms with Crippen molar-refractivity contribution in [2.24, 2.45) is 5.41 Å². The van der Waals surface area contributed by atoms with Crippen molar-refractivity contribution in [1.29, 1.82) is 0 Å². The van der Waals surface area contributed by atoms with Crippen LogP contribution in [0.2, 0.25) is 0 Å². The lowest BCUT2D eigenvalue weighted by Crippen LogP contribution is -2.57. The molecule has 0 spiro atoms. The lowest BCUT2D eigenvalue weighted by Gasteiger charge is -2.42. The van der Waals surface area contributed by atoms with Gasteiger partial charge in [-0.1, -0.05) is 45.0 Å². The third-order valence-corrected chi connectivity index (χ3v) is 2.71. The zero-order valence-electron chi connectivity index (χ0n) is 10.4. The van der Waals surface area contributed by atoms with Crippen LogP contribution in [0.15, 0.2) is 24.3 Å². The fourth-order valence-corrected chi connectivity index (χ4v) is 1.63. The summed E-state index contributed by atoms with van der Waals surface area (Å²) in [5.41, 5.74) is -0.205. The minimum atomic E-state index is -4.31. The lowest BCUT2D eigenvalue weighted by molar-refractivity contribution is -0.167. The number of alkyl halides is 3. The topological polar surface area (TPSA) is 18.5 Å². The highest BCUT2D eigenvalue weighted by Crippen LogP contribution is 2.31. The van der Waals surface area contributed by atoms with Crippen LogP contribution in [0, 0.1) is 5.41 Å². The molecule has 1 heterocycles. The third kappa shape index (κ3) is 2.70. The summed E-state index contributed by atoms with van der Waals surface area (Å²) in [5, 5.41) is 0. The van der Waals surface area contributed by atoms with Crippen LogP contribution in [0.1, 0.15) is 26.3 Å². The molecule has 1 aliphatic heterocycles. The fourth-order valence-electron chi connectivity index (χ4n) is 1.63. The Morgan fingerprint density at radius 2 is 1.50 bits per heavy atom. The van der Waals surface area contributed by atoms with Crippen molar-refractivity contribution in [3.05, 3.63) is 29.8 Å². The first-order valence-electron chi connectivity index (χ1n) is 5.66. The molecule has 0 N–H and O–H groups in total. The zero-order chi connectivity index (χ0) is 13.6. The quantitative estimate of drug-likeness (QED) is 0.721. The highest BCUT2D eigenvalue weighted by Gasteiger charge is 2.44. The fraction of sp³-hybridized carbons (Fsp3) is 0.500. The molecule has 1 aliphatic rings. The second-order valence-electron chi connectivity index (χ2n) is 5.42. The standard InChI is InChI=1S/C12H14BF3O2/c1-11(2,3)10-17-13(18-10)9-6-4-8(5-7-9)12(14,15)16/h4-7,10H,1-3H3. The highest BCUT2D eigenvalue weighted by atomic mass is 19.4. The first-order valence-corrected chi connectivity index (χ1v) is 5.66. The molecule has 0 amide bonds. The molecule has 2 nitrogen and oxygen atoms in total. The second-order valence-corrected chi connectivity index (χ2v) is 5.42. The van der Waals surface area contributed by atoms with Crippen molar-refractivity contribution >= 4 is 12.6 Å². The average Bonchev–Trinajstić information content (AvgIpc) is 2.12. The number of halogens is 3. The van der Waals surface area contributed by atoms with Gasteiger partial charge in [-0.05, 0) is 5.46 Å². The van der Waals surface area contributed by atoms with E-state index >= 15 is 0 Å². The van der Waals surface area contributed by atoms with Gasteiger partial charge in [0.05, 0.1) is 5.56 Å². The van der Waals surface area contributed by atoms with Gasteiger partial charge in [0.2, 0.25) is 0 Å². The molecule has 2 rings (SSSR count). The summed E-state index contributed by atoms with van der Waals surface area (Å²) in [7, 11) is -0.559. The smallest absolute Gasteiger partial charge is 0.382 e. The summed E-state index contributed by atoms with van der Waals surface area (Å²) in [5.74, 6) is 0. The van der Waals surface area contributed by atoms with E-state index < -0.39 is 18.9 Å². The monoisotopic (exact) mass is 258 g/mol. The van der Waals surface area contributed by atoms with Gasteiger partial charge in [-0.2, -0.15) is 13.2 Å². The van der Waals surface area contributed by atoms with E-state index in [9.17, 15) is 13.2 Å². The predicted octanol–water partition coefficient (Wildman–Crippen LogP) is 2.82. The number of rotatable bonds is 1. The minimum Gasteiger partial charge on any atom is -0.382 e. The molecule has 1 aromatic carbocycles. The van der Waals surface area contributed by atoms with Gasteiger partial charge < -0.3 is 9.31 Å². The van der Waals surface area contributed by atoms with Crippen LogP contribution in [0.3, 0.4) is 0 Å². The Hall–Kier alpha value is -1.01. The number of hydrogen-bond acceptors (Lipinski definition) is 2. The summed E-state index contributed by atoms with van der Waals surface area (Å²) in [6, 6.07) is 4.83. The Bertz CT molecular complexity index is 416. The molecule has 18 heavy (non-hydrogen) atoms. The maximum Gasteiger partial charge on any atom is 0.497 e. The van der Waals surface area contributed by atoms with E-state index in [1.54, 1.807) is 0 Å². The molecule has 1 aromatic rings. The van der Waals surface area contributed by atoms with Crippen molar-refractivity contribution in [3.63, 3.8) is 0 Å². The maximum absolute atomic E-state index is 12.4. The zero-order valence-corrected chi connectivity index (χ0v) is 10.4. The first kappa shape index (κ1) is 13.4. The Balaban J connectivity index is 2.01. The van der Waals surface area contributed by atoms with Crippen molar-refractivity contribution in [1.82, 2.24) is 0 Å². The Morgan fingerprint density at radius 3 is 1.89 bits per heavy atom. The van der Waals surface area contributed by atoms with E-state index in [2.05, 4.69) is 0 Å². The van der Waals surface area contributed by atoms with Gasteiger partial charge in [0.1, 0.15) is 6.29 Å². The molecule has 0 bridgehead atoms. The highest BCUT2D eigenvalue weighted by molar-refractivity contribution is 6.62. The predicted molar refractivity (Wildman–Crippen MR) is 62.2 cm³/mol. The largest absolute Gasteiger partial charge is 0.497 e. The molecule has 0 aromatic heterocycles. The Kier molecular flexibility index (Phi) is 3.19. The summed E-state index contributed by atoms with van der Waals surface area (Å²) in [4.78, 5) is 0. The van der Waals surface area contributed by atoms with Crippen LogP contribution in [-0.4, -0.2) is 13.4 Å². The lowest BCUT2D eigenvalue weighted by atomic mass is 9.74. The van der Waals surface area contributed by atoms with Gasteiger partial charge in [-0.3, -0.25) is 0 Å². The van der Waals surface area contributed by atoms with Crippen LogP contribution in [0.25, 0.3) is 0 Å². The summed E-state index contributed by atoms with van der Waals surface area (Å²) in [6.45, 7) is 5.92. The summed E-state index contributed by atoms with van der Waals surface area (Å²) in [6.07, 6.45) is -4.63. The molecule has 1 fully saturated rings. The van der Waals surface area contributed by atoms with Crippen molar-refractivity contribution in [2.75, 3.05) is 0 Å². The normalized spacial score (nSPS) is 17.8. The molecule has 98 valence electrons. The third-order valence-electron chi connectivity index (χ3n) is 2.71. The molecular weight excluding hydrogens is 244 g/mol. The van der Waals surface area contributed by atoms with E-state index in [0.717, 1.165) is 12.1 Å². The Morgan fingerprint density at radius 1 is 1.00 bits per heavy atom. The van der Waals surface area contributed by atoms with Gasteiger partial charge in [0, 0.05) is 5.41 Å². The maximum atomic E-state index is 12.4. The molecule has 1 saturated heterocycles. The second kappa shape index (κ2) is 4.28. The number of benzene rings is 1. The summed E-state index contributed by atoms with van der Waals surface area (Å²) < 4.78 is 48.1. The van der Waals surface area contributed by atoms with Crippen molar-refractivity contribution < 1.29 is 22.5 Å². The van der Waals surface area contributed by atoms with Gasteiger partial charge in [-0.25, -0.2) is 0 Å². The van der Waals surface area contributed by atoms with Crippen LogP contribution in [0.5, 0.6) is 0 Å². The van der Waals surface area contributed by atoms with Gasteiger partial charge in [0.15, 0.2) is 0 Å². The molecule has 0 atom stereocenters. The van der Waals surface area contributed by atoms with Gasteiger partial charge in [0.25, 0.3) is 0 Å². The van der Waals surface area contributed by atoms with E-state index in [0.29, 0.717) is 5.46 Å². The van der Waals surface area contributed by atoms with E-state index in [1.807, 2.05) is 20.8 Å². The van der Waals surface area contributed by atoms with Crippen molar-refractivity contribution in [2.45, 2.75) is 33.2 Å². The summed E-state index contributed by atoms with van der Waals surface area (Å²) >= 11 is 0. The molecule has 6 heteroatoms. The SMILES string of the molecule is CC(C)(C)C1OB(c2ccc(C(F)(F)F)cc2)O1. The van der Waals surface area contributed by atoms with E-state index in [1.165, 1.54) is 12.1 Å². The van der Waals surface area contributed by atoms with Crippen LogP contribution < -0.4 is 5.46 Å². The first-order chi connectivity index (χ1) is 8.18. The molecule has 0 unspecified atom stereocenters. The Labute approximate surface area is 104 Å². The van der Waals surface area contributed by atoms with E-state index in [-0.39, 0.29) is 11.7 Å². The van der Waals surface area contributed by atoms with Crippen LogP contribution >= 0.6 is 0 Å². The molecule has 0 radical (unpaired) electrons. The van der Waals surface area contributed by atoms with Crippen molar-refractivity contribution in [3.8, 4) is 0 Å². The van der Waals surface area contributed by atoms with Crippen LogP contribution in [0.4, 0.5) is 13.2 Å². The van der Waals surface area contributed by atoms with Gasteiger partial charge in [-0.15, -0.1) is 0 Å². The minimum absolute atomic E-state index is 0.136.